The third-order valence-corrected chi connectivity index (χ3v) is 10.3. The maximum Gasteiger partial charge on any atom is 0.420 e. The molecule has 2 saturated heterocycles. The molecule has 0 spiro atoms. The number of alkyl halides is 3. The number of piperidine rings is 1. The molecule has 21 heteroatoms. The van der Waals surface area contributed by atoms with Crippen LogP contribution in [0.25, 0.3) is 0 Å². The van der Waals surface area contributed by atoms with Crippen molar-refractivity contribution >= 4 is 70.1 Å². The molecule has 3 aliphatic heterocycles. The molecule has 0 radical (unpaired) electrons. The number of benzene rings is 2. The summed E-state index contributed by atoms with van der Waals surface area (Å²) in [7, 11) is 0. The molecule has 7 amide bonds. The number of ether oxygens (including phenoxy) is 1. The van der Waals surface area contributed by atoms with Gasteiger partial charge in [-0.1, -0.05) is 6.07 Å². The topological polar surface area (TPSA) is 211 Å². The average Bonchev–Trinajstić information content (AvgIpc) is 3.54. The van der Waals surface area contributed by atoms with Crippen molar-refractivity contribution in [2.75, 3.05) is 29.5 Å². The highest BCUT2D eigenvalue weighted by Crippen LogP contribution is 2.42. The summed E-state index contributed by atoms with van der Waals surface area (Å²) in [6.07, 6.45) is -3.04. The van der Waals surface area contributed by atoms with E-state index >= 15 is 4.39 Å². The number of carbonyl (C=O) groups is 7. The van der Waals surface area contributed by atoms with Gasteiger partial charge in [0.15, 0.2) is 17.5 Å². The Morgan fingerprint density at radius 2 is 1.75 bits per heavy atom. The molecule has 1 unspecified atom stereocenters. The number of thiocarbonyl (C=S) groups is 1. The number of pyridine rings is 1. The van der Waals surface area contributed by atoms with Gasteiger partial charge in [0.1, 0.15) is 22.9 Å². The lowest BCUT2D eigenvalue weighted by Gasteiger charge is -2.29. The maximum atomic E-state index is 15.3. The largest absolute Gasteiger partial charge is 0.483 e. The summed E-state index contributed by atoms with van der Waals surface area (Å²) < 4.78 is 61.9. The number of fused-ring (bicyclic) bond motifs is 1. The number of nitrogens with one attached hydrogen (secondary N) is 3. The van der Waals surface area contributed by atoms with Gasteiger partial charge in [-0.15, -0.1) is 0 Å². The van der Waals surface area contributed by atoms with Crippen LogP contribution in [0.15, 0.2) is 48.7 Å². The van der Waals surface area contributed by atoms with Crippen molar-refractivity contribution in [3.63, 3.8) is 0 Å². The normalized spacial score (nSPS) is 17.4. The molecule has 3 N–H and O–H groups in total. The predicted octanol–water partition coefficient (Wildman–Crippen LogP) is 3.06. The van der Waals surface area contributed by atoms with Crippen molar-refractivity contribution in [1.29, 1.82) is 5.26 Å². The van der Waals surface area contributed by atoms with Crippen LogP contribution < -0.4 is 30.5 Å². The number of amides is 7. The van der Waals surface area contributed by atoms with E-state index in [9.17, 15) is 46.7 Å². The van der Waals surface area contributed by atoms with Crippen molar-refractivity contribution in [2.45, 2.75) is 63.7 Å². The summed E-state index contributed by atoms with van der Waals surface area (Å²) in [6.45, 7) is 2.52. The van der Waals surface area contributed by atoms with Gasteiger partial charge in [0.2, 0.25) is 17.7 Å². The molecule has 0 saturated carbocycles. The van der Waals surface area contributed by atoms with E-state index in [-0.39, 0.29) is 60.2 Å². The molecule has 2 aromatic carbocycles. The fourth-order valence-electron chi connectivity index (χ4n) is 6.97. The summed E-state index contributed by atoms with van der Waals surface area (Å²) in [4.78, 5) is 95.6. The minimum absolute atomic E-state index is 0.00482. The Bertz CT molecular complexity index is 2380. The summed E-state index contributed by atoms with van der Waals surface area (Å²) in [5.74, 6) is -6.32. The zero-order valence-corrected chi connectivity index (χ0v) is 32.6. The second-order valence-electron chi connectivity index (χ2n) is 14.2. The number of imide groups is 2. The molecule has 1 aromatic heterocycles. The number of anilines is 2. The smallest absolute Gasteiger partial charge is 0.420 e. The monoisotopic (exact) mass is 850 g/mol. The highest BCUT2D eigenvalue weighted by Gasteiger charge is 2.52. The number of nitrogens with zero attached hydrogens (tertiary/aromatic N) is 5. The number of nitriles is 1. The SMILES string of the molecule is CC1(C)C(=O)N(c2ccc(C#N)c(C(F)(F)F)c2F)C(=S)N1c1ccc(CCCC(=O)NCCNC(=O)COc2cccc3c2C(=O)N(C2CCC(=O)NC2=O)C3=O)nc1. The third-order valence-electron chi connectivity index (χ3n) is 9.90. The van der Waals surface area contributed by atoms with E-state index in [0.29, 0.717) is 29.1 Å². The summed E-state index contributed by atoms with van der Waals surface area (Å²) in [5.41, 5.74) is -4.21. The lowest BCUT2D eigenvalue weighted by atomic mass is 10.0. The minimum atomic E-state index is -5.21. The fourth-order valence-corrected chi connectivity index (χ4v) is 7.48. The van der Waals surface area contributed by atoms with Gasteiger partial charge in [-0.2, -0.15) is 18.4 Å². The zero-order valence-electron chi connectivity index (χ0n) is 31.8. The Labute approximate surface area is 343 Å². The molecule has 0 bridgehead atoms. The average molecular weight is 851 g/mol. The minimum Gasteiger partial charge on any atom is -0.483 e. The molecule has 4 heterocycles. The number of halogens is 4. The van der Waals surface area contributed by atoms with E-state index in [0.717, 1.165) is 17.0 Å². The maximum absolute atomic E-state index is 15.3. The standard InChI is InChI=1S/C39H34F4N8O8S/c1-38(2)36(58)50(24-12-9-20(17-44)31(32(24)40)39(41,42)43)37(60)51(38)22-11-10-21(47-18-22)5-3-8-27(52)45-15-16-46-29(54)19-59-26-7-4-6-23-30(26)35(57)49(34(23)56)25-13-14-28(53)48-33(25)55/h4,6-7,9-12,18,25H,3,5,8,13-16,19H2,1-2H3,(H,45,52)(H,46,54)(H,48,53,55). The number of carbonyl (C=O) groups excluding carboxylic acids is 7. The van der Waals surface area contributed by atoms with E-state index in [1.54, 1.807) is 12.1 Å². The van der Waals surface area contributed by atoms with Crippen LogP contribution in [0.5, 0.6) is 5.75 Å². The van der Waals surface area contributed by atoms with E-state index in [2.05, 4.69) is 20.9 Å². The van der Waals surface area contributed by atoms with E-state index in [1.807, 2.05) is 0 Å². The Morgan fingerprint density at radius 1 is 1.03 bits per heavy atom. The Hall–Kier alpha value is -6.82. The molecular weight excluding hydrogens is 817 g/mol. The first-order chi connectivity index (χ1) is 28.4. The number of rotatable bonds is 13. The van der Waals surface area contributed by atoms with Crippen molar-refractivity contribution in [1.82, 2.24) is 25.8 Å². The quantitative estimate of drug-likeness (QED) is 0.0981. The number of aromatic nitrogens is 1. The molecule has 6 rings (SSSR count). The molecule has 1 atom stereocenters. The van der Waals surface area contributed by atoms with Crippen molar-refractivity contribution in [3.05, 3.63) is 82.4 Å². The van der Waals surface area contributed by atoms with Gasteiger partial charge in [0, 0.05) is 31.6 Å². The fraction of sp³-hybridized carbons (Fsp3) is 0.333. The number of aryl methyl sites for hydroxylation is 1. The Kier molecular flexibility index (Phi) is 12.0. The Morgan fingerprint density at radius 3 is 2.40 bits per heavy atom. The zero-order chi connectivity index (χ0) is 43.7. The second kappa shape index (κ2) is 16.8. The van der Waals surface area contributed by atoms with Crippen LogP contribution in [-0.2, 0) is 36.6 Å². The van der Waals surface area contributed by atoms with Gasteiger partial charge in [0.05, 0.1) is 40.3 Å². The molecular formula is C39H34F4N8O8S. The van der Waals surface area contributed by atoms with Crippen LogP contribution in [0, 0.1) is 17.1 Å². The molecule has 0 aliphatic carbocycles. The van der Waals surface area contributed by atoms with Gasteiger partial charge in [-0.25, -0.2) is 4.39 Å². The van der Waals surface area contributed by atoms with Gasteiger partial charge in [0.25, 0.3) is 23.6 Å². The van der Waals surface area contributed by atoms with Gasteiger partial charge in [-0.3, -0.25) is 53.7 Å². The molecule has 16 nitrogen and oxygen atoms in total. The highest BCUT2D eigenvalue weighted by atomic mass is 32.1. The van der Waals surface area contributed by atoms with Crippen LogP contribution in [0.3, 0.4) is 0 Å². The molecule has 3 aliphatic rings. The summed E-state index contributed by atoms with van der Waals surface area (Å²) >= 11 is 5.46. The Balaban J connectivity index is 0.946. The van der Waals surface area contributed by atoms with Crippen LogP contribution in [0.4, 0.5) is 28.9 Å². The van der Waals surface area contributed by atoms with Crippen LogP contribution in [-0.4, -0.2) is 87.6 Å². The second-order valence-corrected chi connectivity index (χ2v) is 14.6. The molecule has 60 heavy (non-hydrogen) atoms. The summed E-state index contributed by atoms with van der Waals surface area (Å²) in [5, 5.41) is 16.2. The first kappa shape index (κ1) is 42.8. The van der Waals surface area contributed by atoms with Crippen molar-refractivity contribution in [2.24, 2.45) is 0 Å². The van der Waals surface area contributed by atoms with Crippen LogP contribution in [0.2, 0.25) is 0 Å². The lowest BCUT2D eigenvalue weighted by Crippen LogP contribution is -2.54. The van der Waals surface area contributed by atoms with E-state index < -0.39 is 82.4 Å². The highest BCUT2D eigenvalue weighted by molar-refractivity contribution is 7.81. The third kappa shape index (κ3) is 8.22. The van der Waals surface area contributed by atoms with Crippen LogP contribution >= 0.6 is 12.2 Å². The number of hydrogen-bond donors (Lipinski definition) is 3. The van der Waals surface area contributed by atoms with Crippen LogP contribution in [0.1, 0.15) is 77.1 Å². The summed E-state index contributed by atoms with van der Waals surface area (Å²) in [6, 6.07) is 9.27. The first-order valence-corrected chi connectivity index (χ1v) is 18.7. The van der Waals surface area contributed by atoms with Gasteiger partial charge >= 0.3 is 6.18 Å². The lowest BCUT2D eigenvalue weighted by molar-refractivity contribution is -0.140. The molecule has 3 aromatic rings. The van der Waals surface area contributed by atoms with E-state index in [1.165, 1.54) is 49.2 Å². The number of hydrogen-bond acceptors (Lipinski definition) is 11. The van der Waals surface area contributed by atoms with E-state index in [4.69, 9.17) is 22.2 Å². The van der Waals surface area contributed by atoms with Gasteiger partial charge in [-0.05, 0) is 81.7 Å². The molecule has 312 valence electrons. The predicted molar refractivity (Wildman–Crippen MR) is 205 cm³/mol. The first-order valence-electron chi connectivity index (χ1n) is 18.3. The molecule has 2 fully saturated rings. The van der Waals surface area contributed by atoms with Crippen molar-refractivity contribution in [3.8, 4) is 11.8 Å². The van der Waals surface area contributed by atoms with Gasteiger partial charge < -0.3 is 20.3 Å². The van der Waals surface area contributed by atoms with Crippen molar-refractivity contribution < 1.29 is 55.9 Å².